The first-order chi connectivity index (χ1) is 8.39. The number of hydrogen-bond acceptors (Lipinski definition) is 2. The molecule has 0 spiro atoms. The second-order valence-corrected chi connectivity index (χ2v) is 4.64. The lowest BCUT2D eigenvalue weighted by atomic mass is 9.92. The summed E-state index contributed by atoms with van der Waals surface area (Å²) >= 11 is 0. The molecule has 1 saturated carbocycles. The number of alkyl halides is 3. The van der Waals surface area contributed by atoms with Gasteiger partial charge in [-0.1, -0.05) is 18.6 Å². The van der Waals surface area contributed by atoms with Crippen molar-refractivity contribution in [3.05, 3.63) is 35.4 Å². The summed E-state index contributed by atoms with van der Waals surface area (Å²) in [4.78, 5) is 12.1. The molecule has 1 fully saturated rings. The highest BCUT2D eigenvalue weighted by Gasteiger charge is 2.34. The number of hydrogen-bond donors (Lipinski definition) is 1. The molecule has 5 heteroatoms. The monoisotopic (exact) mass is 257 g/mol. The fourth-order valence-corrected chi connectivity index (χ4v) is 2.38. The molecule has 0 bridgehead atoms. The second kappa shape index (κ2) is 4.72. The Morgan fingerprint density at radius 3 is 2.56 bits per heavy atom. The first-order valence-corrected chi connectivity index (χ1v) is 5.86. The van der Waals surface area contributed by atoms with Crippen LogP contribution in [-0.2, 0) is 6.18 Å². The number of nitrogens with two attached hydrogens (primary N) is 1. The number of carbonyl (C=O) groups is 1. The maximum absolute atomic E-state index is 12.5. The average molecular weight is 257 g/mol. The van der Waals surface area contributed by atoms with E-state index >= 15 is 0 Å². The van der Waals surface area contributed by atoms with Crippen LogP contribution in [0.5, 0.6) is 0 Å². The Morgan fingerprint density at radius 1 is 1.28 bits per heavy atom. The van der Waals surface area contributed by atoms with Crippen LogP contribution < -0.4 is 5.73 Å². The quantitative estimate of drug-likeness (QED) is 0.827. The van der Waals surface area contributed by atoms with E-state index in [-0.39, 0.29) is 23.3 Å². The molecule has 0 heterocycles. The summed E-state index contributed by atoms with van der Waals surface area (Å²) in [5.41, 5.74) is 5.11. The number of halogens is 3. The van der Waals surface area contributed by atoms with E-state index < -0.39 is 11.7 Å². The second-order valence-electron chi connectivity index (χ2n) is 4.64. The molecule has 1 aliphatic carbocycles. The molecule has 2 unspecified atom stereocenters. The molecule has 0 saturated heterocycles. The minimum atomic E-state index is -4.42. The first kappa shape index (κ1) is 13.1. The molecule has 1 aliphatic rings. The molecule has 98 valence electrons. The largest absolute Gasteiger partial charge is 0.416 e. The van der Waals surface area contributed by atoms with Gasteiger partial charge >= 0.3 is 6.18 Å². The normalized spacial score (nSPS) is 24.2. The molecular formula is C13H14F3NO. The molecule has 0 aliphatic heterocycles. The van der Waals surface area contributed by atoms with Crippen LogP contribution in [0.25, 0.3) is 0 Å². The zero-order valence-electron chi connectivity index (χ0n) is 9.70. The average Bonchev–Trinajstić information content (AvgIpc) is 2.73. The van der Waals surface area contributed by atoms with E-state index in [2.05, 4.69) is 0 Å². The van der Waals surface area contributed by atoms with E-state index in [9.17, 15) is 18.0 Å². The molecule has 1 aromatic carbocycles. The van der Waals surface area contributed by atoms with Gasteiger partial charge in [-0.2, -0.15) is 13.2 Å². The van der Waals surface area contributed by atoms with Gasteiger partial charge in [0, 0.05) is 17.5 Å². The minimum absolute atomic E-state index is 0.104. The van der Waals surface area contributed by atoms with Gasteiger partial charge in [0.05, 0.1) is 5.56 Å². The summed E-state index contributed by atoms with van der Waals surface area (Å²) in [6, 6.07) is 4.32. The predicted octanol–water partition coefficient (Wildman–Crippen LogP) is 3.02. The van der Waals surface area contributed by atoms with Crippen LogP contribution in [-0.4, -0.2) is 11.8 Å². The fraction of sp³-hybridized carbons (Fsp3) is 0.462. The van der Waals surface area contributed by atoms with E-state index in [4.69, 9.17) is 5.73 Å². The van der Waals surface area contributed by atoms with Crippen LogP contribution >= 0.6 is 0 Å². The van der Waals surface area contributed by atoms with Gasteiger partial charge in [-0.05, 0) is 25.0 Å². The van der Waals surface area contributed by atoms with Gasteiger partial charge in [0.2, 0.25) is 0 Å². The van der Waals surface area contributed by atoms with Gasteiger partial charge < -0.3 is 5.73 Å². The van der Waals surface area contributed by atoms with E-state index in [1.54, 1.807) is 0 Å². The third kappa shape index (κ3) is 2.56. The number of ketones is 1. The molecule has 2 atom stereocenters. The molecule has 18 heavy (non-hydrogen) atoms. The standard InChI is InChI=1S/C13H14F3NO/c14-13(15,16)9-4-1-3-8(7-9)12(18)10-5-2-6-11(10)17/h1,3-4,7,10-11H,2,5-6,17H2. The van der Waals surface area contributed by atoms with Gasteiger partial charge in [0.25, 0.3) is 0 Å². The Hall–Kier alpha value is -1.36. The van der Waals surface area contributed by atoms with Crippen LogP contribution in [0.4, 0.5) is 13.2 Å². The van der Waals surface area contributed by atoms with Crippen LogP contribution in [0, 0.1) is 5.92 Å². The summed E-state index contributed by atoms with van der Waals surface area (Å²) in [5.74, 6) is -0.611. The number of carbonyl (C=O) groups excluding carboxylic acids is 1. The summed E-state index contributed by atoms with van der Waals surface area (Å²) in [7, 11) is 0. The van der Waals surface area contributed by atoms with Crippen LogP contribution in [0.3, 0.4) is 0 Å². The molecule has 0 aromatic heterocycles. The van der Waals surface area contributed by atoms with Gasteiger partial charge in [0.1, 0.15) is 0 Å². The highest BCUT2D eigenvalue weighted by Crippen LogP contribution is 2.32. The van der Waals surface area contributed by atoms with Crippen LogP contribution in [0.2, 0.25) is 0 Å². The third-order valence-electron chi connectivity index (χ3n) is 3.38. The molecule has 1 aromatic rings. The smallest absolute Gasteiger partial charge is 0.327 e. The van der Waals surface area contributed by atoms with Crippen molar-refractivity contribution in [2.45, 2.75) is 31.5 Å². The maximum Gasteiger partial charge on any atom is 0.416 e. The van der Waals surface area contributed by atoms with Crippen molar-refractivity contribution < 1.29 is 18.0 Å². The fourth-order valence-electron chi connectivity index (χ4n) is 2.38. The molecular weight excluding hydrogens is 243 g/mol. The van der Waals surface area contributed by atoms with Gasteiger partial charge in [-0.15, -0.1) is 0 Å². The lowest BCUT2D eigenvalue weighted by molar-refractivity contribution is -0.137. The summed E-state index contributed by atoms with van der Waals surface area (Å²) in [6.07, 6.45) is -2.14. The Kier molecular flexibility index (Phi) is 3.43. The Labute approximate surface area is 103 Å². The molecule has 0 radical (unpaired) electrons. The zero-order valence-corrected chi connectivity index (χ0v) is 9.70. The van der Waals surface area contributed by atoms with E-state index in [0.29, 0.717) is 6.42 Å². The summed E-state index contributed by atoms with van der Waals surface area (Å²) in [6.45, 7) is 0. The number of rotatable bonds is 2. The third-order valence-corrected chi connectivity index (χ3v) is 3.38. The first-order valence-electron chi connectivity index (χ1n) is 5.86. The molecule has 2 N–H and O–H groups in total. The topological polar surface area (TPSA) is 43.1 Å². The van der Waals surface area contributed by atoms with E-state index in [1.165, 1.54) is 12.1 Å². The maximum atomic E-state index is 12.5. The van der Waals surface area contributed by atoms with Gasteiger partial charge in [-0.25, -0.2) is 0 Å². The van der Waals surface area contributed by atoms with Gasteiger partial charge in [-0.3, -0.25) is 4.79 Å². The van der Waals surface area contributed by atoms with Crippen molar-refractivity contribution in [1.29, 1.82) is 0 Å². The molecule has 2 rings (SSSR count). The lowest BCUT2D eigenvalue weighted by Gasteiger charge is -2.15. The Morgan fingerprint density at radius 2 is 2.00 bits per heavy atom. The zero-order chi connectivity index (χ0) is 13.3. The van der Waals surface area contributed by atoms with Crippen molar-refractivity contribution in [2.75, 3.05) is 0 Å². The van der Waals surface area contributed by atoms with E-state index in [1.807, 2.05) is 0 Å². The number of benzene rings is 1. The Bertz CT molecular complexity index is 456. The number of Topliss-reactive ketones (excluding diaryl/α,β-unsaturated/α-hetero) is 1. The summed E-state index contributed by atoms with van der Waals surface area (Å²) < 4.78 is 37.6. The molecule has 2 nitrogen and oxygen atoms in total. The minimum Gasteiger partial charge on any atom is -0.327 e. The van der Waals surface area contributed by atoms with E-state index in [0.717, 1.165) is 25.0 Å². The predicted molar refractivity (Wildman–Crippen MR) is 61.1 cm³/mol. The van der Waals surface area contributed by atoms with Crippen molar-refractivity contribution in [3.8, 4) is 0 Å². The molecule has 0 amide bonds. The van der Waals surface area contributed by atoms with Crippen molar-refractivity contribution in [3.63, 3.8) is 0 Å². The van der Waals surface area contributed by atoms with Crippen LogP contribution in [0.1, 0.15) is 35.2 Å². The van der Waals surface area contributed by atoms with Crippen LogP contribution in [0.15, 0.2) is 24.3 Å². The highest BCUT2D eigenvalue weighted by atomic mass is 19.4. The SMILES string of the molecule is NC1CCCC1C(=O)c1cccc(C(F)(F)F)c1. The lowest BCUT2D eigenvalue weighted by Crippen LogP contribution is -2.30. The van der Waals surface area contributed by atoms with Crippen molar-refractivity contribution >= 4 is 5.78 Å². The van der Waals surface area contributed by atoms with Crippen molar-refractivity contribution in [1.82, 2.24) is 0 Å². The Balaban J connectivity index is 2.26. The summed E-state index contributed by atoms with van der Waals surface area (Å²) in [5, 5.41) is 0. The highest BCUT2D eigenvalue weighted by molar-refractivity contribution is 5.98. The van der Waals surface area contributed by atoms with Gasteiger partial charge in [0.15, 0.2) is 5.78 Å². The van der Waals surface area contributed by atoms with Crippen molar-refractivity contribution in [2.24, 2.45) is 11.7 Å².